The molecule has 2 aromatic rings. The number of hydrogen-bond donors (Lipinski definition) is 0. The molecule has 0 unspecified atom stereocenters. The van der Waals surface area contributed by atoms with Gasteiger partial charge in [0.15, 0.2) is 17.5 Å². The smallest absolute Gasteiger partial charge is 0.161 e. The zero-order valence-electron chi connectivity index (χ0n) is 7.79. The van der Waals surface area contributed by atoms with Crippen LogP contribution < -0.4 is 0 Å². The lowest BCUT2D eigenvalue weighted by atomic mass is 10.3. The monoisotopic (exact) mass is 247 g/mol. The van der Waals surface area contributed by atoms with E-state index in [1.807, 2.05) is 0 Å². The molecule has 0 aliphatic carbocycles. The van der Waals surface area contributed by atoms with Crippen molar-refractivity contribution in [1.82, 2.24) is 14.8 Å². The second kappa shape index (κ2) is 4.13. The Morgan fingerprint density at radius 1 is 1.12 bits per heavy atom. The summed E-state index contributed by atoms with van der Waals surface area (Å²) in [6.07, 6.45) is 1.15. The van der Waals surface area contributed by atoms with Crippen LogP contribution in [0.25, 0.3) is 5.69 Å². The molecule has 0 N–H and O–H groups in total. The lowest BCUT2D eigenvalue weighted by Crippen LogP contribution is -2.05. The molecule has 0 aliphatic heterocycles. The summed E-state index contributed by atoms with van der Waals surface area (Å²) in [5.74, 6) is -3.12. The first-order valence-corrected chi connectivity index (χ1v) is 4.76. The van der Waals surface area contributed by atoms with Gasteiger partial charge in [0, 0.05) is 12.1 Å². The Hall–Kier alpha value is -1.56. The van der Waals surface area contributed by atoms with Crippen molar-refractivity contribution in [2.24, 2.45) is 0 Å². The predicted octanol–water partition coefficient (Wildman–Crippen LogP) is 2.42. The van der Waals surface area contributed by atoms with Gasteiger partial charge in [-0.2, -0.15) is 5.10 Å². The third-order valence-corrected chi connectivity index (χ3v) is 2.19. The highest BCUT2D eigenvalue weighted by Gasteiger charge is 2.14. The van der Waals surface area contributed by atoms with E-state index in [4.69, 9.17) is 11.6 Å². The van der Waals surface area contributed by atoms with Crippen LogP contribution in [0.1, 0.15) is 5.82 Å². The summed E-state index contributed by atoms with van der Waals surface area (Å²) in [5.41, 5.74) is -0.230. The second-order valence-corrected chi connectivity index (χ2v) is 3.21. The first-order valence-electron chi connectivity index (χ1n) is 4.23. The summed E-state index contributed by atoms with van der Waals surface area (Å²) < 4.78 is 40.0. The summed E-state index contributed by atoms with van der Waals surface area (Å²) in [6.45, 7) is 0. The molecule has 0 radical (unpaired) electrons. The molecule has 3 nitrogen and oxygen atoms in total. The second-order valence-electron chi connectivity index (χ2n) is 2.94. The highest BCUT2D eigenvalue weighted by Crippen LogP contribution is 2.18. The van der Waals surface area contributed by atoms with Gasteiger partial charge in [-0.15, -0.1) is 11.6 Å². The molecule has 84 valence electrons. The summed E-state index contributed by atoms with van der Waals surface area (Å²) in [6, 6.07) is 1.15. The van der Waals surface area contributed by atoms with Gasteiger partial charge in [0.2, 0.25) is 0 Å². The van der Waals surface area contributed by atoms with E-state index in [9.17, 15) is 13.2 Å². The molecule has 0 spiro atoms. The van der Waals surface area contributed by atoms with Crippen LogP contribution in [0.4, 0.5) is 13.2 Å². The van der Waals surface area contributed by atoms with Crippen LogP contribution >= 0.6 is 11.6 Å². The third-order valence-electron chi connectivity index (χ3n) is 1.96. The number of alkyl halides is 1. The van der Waals surface area contributed by atoms with Crippen LogP contribution in [0.2, 0.25) is 0 Å². The molecule has 0 saturated heterocycles. The molecular formula is C9H5ClF3N3. The Bertz CT molecular complexity index is 527. The molecule has 1 heterocycles. The molecule has 0 atom stereocenters. The SMILES string of the molecule is Fc1cc(F)c(-n2ncnc2CCl)cc1F. The third kappa shape index (κ3) is 1.76. The fourth-order valence-corrected chi connectivity index (χ4v) is 1.41. The van der Waals surface area contributed by atoms with Crippen molar-refractivity contribution in [1.29, 1.82) is 0 Å². The van der Waals surface area contributed by atoms with Gasteiger partial charge in [-0.1, -0.05) is 0 Å². The quantitative estimate of drug-likeness (QED) is 0.603. The van der Waals surface area contributed by atoms with Crippen LogP contribution in [-0.2, 0) is 5.88 Å². The van der Waals surface area contributed by atoms with E-state index in [0.29, 0.717) is 12.1 Å². The van der Waals surface area contributed by atoms with Crippen LogP contribution in [-0.4, -0.2) is 14.8 Å². The van der Waals surface area contributed by atoms with Crippen LogP contribution in [0, 0.1) is 17.5 Å². The number of halogens is 4. The molecule has 2 rings (SSSR count). The van der Waals surface area contributed by atoms with Gasteiger partial charge in [-0.05, 0) is 0 Å². The molecule has 7 heteroatoms. The van der Waals surface area contributed by atoms with Gasteiger partial charge >= 0.3 is 0 Å². The maximum Gasteiger partial charge on any atom is 0.161 e. The van der Waals surface area contributed by atoms with E-state index in [2.05, 4.69) is 10.1 Å². The number of benzene rings is 1. The van der Waals surface area contributed by atoms with Gasteiger partial charge in [0.1, 0.15) is 17.8 Å². The first-order chi connectivity index (χ1) is 7.63. The van der Waals surface area contributed by atoms with E-state index < -0.39 is 17.5 Å². The van der Waals surface area contributed by atoms with Crippen molar-refractivity contribution in [3.8, 4) is 5.69 Å². The molecule has 1 aromatic heterocycles. The maximum atomic E-state index is 13.4. The topological polar surface area (TPSA) is 30.7 Å². The average molecular weight is 248 g/mol. The Kier molecular flexibility index (Phi) is 2.82. The van der Waals surface area contributed by atoms with Gasteiger partial charge in [0.25, 0.3) is 0 Å². The summed E-state index contributed by atoms with van der Waals surface area (Å²) in [5, 5.41) is 3.68. The number of hydrogen-bond acceptors (Lipinski definition) is 2. The highest BCUT2D eigenvalue weighted by atomic mass is 35.5. The zero-order valence-corrected chi connectivity index (χ0v) is 8.55. The Balaban J connectivity index is 2.60. The molecule has 1 aromatic carbocycles. The molecule has 0 aliphatic rings. The van der Waals surface area contributed by atoms with Gasteiger partial charge in [-0.25, -0.2) is 22.8 Å². The van der Waals surface area contributed by atoms with E-state index in [1.54, 1.807) is 0 Å². The molecule has 0 bridgehead atoms. The lowest BCUT2D eigenvalue weighted by Gasteiger charge is -2.05. The number of rotatable bonds is 2. The summed E-state index contributed by atoms with van der Waals surface area (Å²) >= 11 is 5.53. The minimum atomic E-state index is -1.26. The normalized spacial score (nSPS) is 10.8. The van der Waals surface area contributed by atoms with Crippen molar-refractivity contribution in [2.45, 2.75) is 5.88 Å². The van der Waals surface area contributed by atoms with E-state index >= 15 is 0 Å². The number of aromatic nitrogens is 3. The summed E-state index contributed by atoms with van der Waals surface area (Å²) in [4.78, 5) is 3.74. The van der Waals surface area contributed by atoms with Crippen LogP contribution in [0.5, 0.6) is 0 Å². The maximum absolute atomic E-state index is 13.4. The van der Waals surface area contributed by atoms with E-state index in [-0.39, 0.29) is 17.4 Å². The Morgan fingerprint density at radius 2 is 1.81 bits per heavy atom. The van der Waals surface area contributed by atoms with E-state index in [1.165, 1.54) is 0 Å². The Labute approximate surface area is 93.5 Å². The van der Waals surface area contributed by atoms with Crippen molar-refractivity contribution < 1.29 is 13.2 Å². The first kappa shape index (κ1) is 10.9. The minimum Gasteiger partial charge on any atom is -0.218 e. The van der Waals surface area contributed by atoms with Crippen molar-refractivity contribution in [3.63, 3.8) is 0 Å². The lowest BCUT2D eigenvalue weighted by molar-refractivity contribution is 0.491. The van der Waals surface area contributed by atoms with Gasteiger partial charge < -0.3 is 0 Å². The largest absolute Gasteiger partial charge is 0.218 e. The van der Waals surface area contributed by atoms with Crippen LogP contribution in [0.3, 0.4) is 0 Å². The fraction of sp³-hybridized carbons (Fsp3) is 0.111. The molecule has 0 fully saturated rings. The molecule has 0 amide bonds. The van der Waals surface area contributed by atoms with Crippen molar-refractivity contribution >= 4 is 11.6 Å². The summed E-state index contributed by atoms with van der Waals surface area (Å²) in [7, 11) is 0. The molecule has 16 heavy (non-hydrogen) atoms. The van der Waals surface area contributed by atoms with Crippen LogP contribution in [0.15, 0.2) is 18.5 Å². The van der Waals surface area contributed by atoms with E-state index in [0.717, 1.165) is 11.0 Å². The fourth-order valence-electron chi connectivity index (χ4n) is 1.23. The average Bonchev–Trinajstić information content (AvgIpc) is 2.71. The van der Waals surface area contributed by atoms with Gasteiger partial charge in [-0.3, -0.25) is 0 Å². The van der Waals surface area contributed by atoms with Crippen molar-refractivity contribution in [3.05, 3.63) is 41.7 Å². The minimum absolute atomic E-state index is 0.0154. The number of nitrogens with zero attached hydrogens (tertiary/aromatic N) is 3. The molecular weight excluding hydrogens is 243 g/mol. The zero-order chi connectivity index (χ0) is 11.7. The van der Waals surface area contributed by atoms with Gasteiger partial charge in [0.05, 0.1) is 5.88 Å². The highest BCUT2D eigenvalue weighted by molar-refractivity contribution is 6.16. The predicted molar refractivity (Wildman–Crippen MR) is 50.8 cm³/mol. The standard InChI is InChI=1S/C9H5ClF3N3/c10-3-9-14-4-15-16(9)8-2-6(12)5(11)1-7(8)13/h1-2,4H,3H2. The van der Waals surface area contributed by atoms with Crippen molar-refractivity contribution in [2.75, 3.05) is 0 Å². The Morgan fingerprint density at radius 3 is 2.50 bits per heavy atom. The molecule has 0 saturated carbocycles.